The lowest BCUT2D eigenvalue weighted by Gasteiger charge is -2.23. The molecule has 1 atom stereocenters. The highest BCUT2D eigenvalue weighted by Crippen LogP contribution is 1.99. The SMILES string of the molecule is CCOCC(=O)N(CC)CC(C)CN. The Morgan fingerprint density at radius 3 is 2.57 bits per heavy atom. The molecule has 0 aliphatic heterocycles. The topological polar surface area (TPSA) is 55.6 Å². The zero-order chi connectivity index (χ0) is 11.0. The van der Waals surface area contributed by atoms with E-state index >= 15 is 0 Å². The van der Waals surface area contributed by atoms with Crippen LogP contribution in [0.2, 0.25) is 0 Å². The molecule has 0 aromatic rings. The third-order valence-corrected chi connectivity index (χ3v) is 2.10. The Kier molecular flexibility index (Phi) is 7.42. The number of amides is 1. The quantitative estimate of drug-likeness (QED) is 0.653. The van der Waals surface area contributed by atoms with Crippen LogP contribution in [0, 0.1) is 5.92 Å². The van der Waals surface area contributed by atoms with Gasteiger partial charge in [0, 0.05) is 19.7 Å². The van der Waals surface area contributed by atoms with E-state index in [9.17, 15) is 4.79 Å². The smallest absolute Gasteiger partial charge is 0.248 e. The summed E-state index contributed by atoms with van der Waals surface area (Å²) in [5.41, 5.74) is 5.51. The zero-order valence-electron chi connectivity index (χ0n) is 9.45. The average Bonchev–Trinajstić information content (AvgIpc) is 2.21. The first-order valence-electron chi connectivity index (χ1n) is 5.21. The van der Waals surface area contributed by atoms with Crippen LogP contribution in [0.25, 0.3) is 0 Å². The van der Waals surface area contributed by atoms with Gasteiger partial charge in [0.2, 0.25) is 5.91 Å². The predicted molar refractivity (Wildman–Crippen MR) is 57.0 cm³/mol. The van der Waals surface area contributed by atoms with Crippen LogP contribution >= 0.6 is 0 Å². The largest absolute Gasteiger partial charge is 0.372 e. The van der Waals surface area contributed by atoms with Crippen LogP contribution in [0.5, 0.6) is 0 Å². The molecular weight excluding hydrogens is 180 g/mol. The number of hydrogen-bond donors (Lipinski definition) is 1. The number of ether oxygens (including phenoxy) is 1. The van der Waals surface area contributed by atoms with E-state index in [1.54, 1.807) is 4.90 Å². The summed E-state index contributed by atoms with van der Waals surface area (Å²) < 4.78 is 5.07. The third kappa shape index (κ3) is 5.19. The van der Waals surface area contributed by atoms with Crippen LogP contribution in [0.4, 0.5) is 0 Å². The predicted octanol–water partition coefficient (Wildman–Crippen LogP) is 0.466. The lowest BCUT2D eigenvalue weighted by Crippen LogP contribution is -2.38. The summed E-state index contributed by atoms with van der Waals surface area (Å²) in [5, 5.41) is 0. The molecule has 0 aliphatic carbocycles. The number of likely N-dealkylation sites (N-methyl/N-ethyl adjacent to an activating group) is 1. The molecule has 84 valence electrons. The molecule has 0 aromatic heterocycles. The van der Waals surface area contributed by atoms with E-state index in [2.05, 4.69) is 0 Å². The van der Waals surface area contributed by atoms with E-state index in [0.717, 1.165) is 13.1 Å². The fourth-order valence-electron chi connectivity index (χ4n) is 1.14. The lowest BCUT2D eigenvalue weighted by molar-refractivity contribution is -0.136. The fraction of sp³-hybridized carbons (Fsp3) is 0.900. The second kappa shape index (κ2) is 7.76. The Labute approximate surface area is 86.4 Å². The molecule has 4 heteroatoms. The molecule has 0 saturated heterocycles. The van der Waals surface area contributed by atoms with Gasteiger partial charge in [0.05, 0.1) is 0 Å². The van der Waals surface area contributed by atoms with Gasteiger partial charge in [-0.05, 0) is 26.3 Å². The Hall–Kier alpha value is -0.610. The van der Waals surface area contributed by atoms with Gasteiger partial charge in [-0.2, -0.15) is 0 Å². The number of rotatable bonds is 7. The molecule has 14 heavy (non-hydrogen) atoms. The standard InChI is InChI=1S/C10H22N2O2/c1-4-12(7-9(3)6-11)10(13)8-14-5-2/h9H,4-8,11H2,1-3H3. The van der Waals surface area contributed by atoms with Crippen LogP contribution in [0.3, 0.4) is 0 Å². The molecule has 1 unspecified atom stereocenters. The first kappa shape index (κ1) is 13.4. The van der Waals surface area contributed by atoms with E-state index in [1.165, 1.54) is 0 Å². The minimum atomic E-state index is 0.0506. The highest BCUT2D eigenvalue weighted by atomic mass is 16.5. The van der Waals surface area contributed by atoms with Crippen molar-refractivity contribution < 1.29 is 9.53 Å². The van der Waals surface area contributed by atoms with Crippen LogP contribution in [-0.4, -0.2) is 43.7 Å². The van der Waals surface area contributed by atoms with Crippen molar-refractivity contribution in [1.29, 1.82) is 0 Å². The van der Waals surface area contributed by atoms with Crippen molar-refractivity contribution in [2.75, 3.05) is 32.8 Å². The van der Waals surface area contributed by atoms with E-state index in [4.69, 9.17) is 10.5 Å². The maximum Gasteiger partial charge on any atom is 0.248 e. The van der Waals surface area contributed by atoms with Gasteiger partial charge in [-0.3, -0.25) is 4.79 Å². The highest BCUT2D eigenvalue weighted by molar-refractivity contribution is 5.77. The number of hydrogen-bond acceptors (Lipinski definition) is 3. The molecule has 2 N–H and O–H groups in total. The fourth-order valence-corrected chi connectivity index (χ4v) is 1.14. The molecule has 0 bridgehead atoms. The van der Waals surface area contributed by atoms with E-state index in [1.807, 2.05) is 20.8 Å². The number of carbonyl (C=O) groups is 1. The molecule has 0 aliphatic rings. The van der Waals surface area contributed by atoms with Gasteiger partial charge in [-0.15, -0.1) is 0 Å². The van der Waals surface area contributed by atoms with Crippen molar-refractivity contribution >= 4 is 5.91 Å². The molecule has 0 aromatic carbocycles. The van der Waals surface area contributed by atoms with Crippen molar-refractivity contribution in [3.63, 3.8) is 0 Å². The second-order valence-electron chi connectivity index (χ2n) is 3.41. The summed E-state index contributed by atoms with van der Waals surface area (Å²) >= 11 is 0. The summed E-state index contributed by atoms with van der Waals surface area (Å²) in [5.74, 6) is 0.398. The summed E-state index contributed by atoms with van der Waals surface area (Å²) in [4.78, 5) is 13.3. The van der Waals surface area contributed by atoms with E-state index in [-0.39, 0.29) is 12.5 Å². The Bertz CT molecular complexity index is 162. The minimum absolute atomic E-state index is 0.0506. The van der Waals surface area contributed by atoms with Crippen molar-refractivity contribution in [2.45, 2.75) is 20.8 Å². The van der Waals surface area contributed by atoms with Crippen LogP contribution < -0.4 is 5.73 Å². The average molecular weight is 202 g/mol. The normalized spacial score (nSPS) is 12.6. The molecule has 0 rings (SSSR count). The number of carbonyl (C=O) groups excluding carboxylic acids is 1. The lowest BCUT2D eigenvalue weighted by atomic mass is 10.1. The minimum Gasteiger partial charge on any atom is -0.372 e. The summed E-state index contributed by atoms with van der Waals surface area (Å²) in [6.45, 7) is 8.70. The van der Waals surface area contributed by atoms with Crippen molar-refractivity contribution in [1.82, 2.24) is 4.90 Å². The molecule has 4 nitrogen and oxygen atoms in total. The molecule has 0 radical (unpaired) electrons. The molecule has 1 amide bonds. The van der Waals surface area contributed by atoms with Gasteiger partial charge in [0.1, 0.15) is 6.61 Å². The highest BCUT2D eigenvalue weighted by Gasteiger charge is 2.13. The summed E-state index contributed by atoms with van der Waals surface area (Å²) in [6, 6.07) is 0. The Morgan fingerprint density at radius 1 is 1.50 bits per heavy atom. The molecule has 0 heterocycles. The Balaban J connectivity index is 3.92. The molecule has 0 saturated carbocycles. The monoisotopic (exact) mass is 202 g/mol. The van der Waals surface area contributed by atoms with Crippen molar-refractivity contribution in [3.05, 3.63) is 0 Å². The van der Waals surface area contributed by atoms with Crippen LogP contribution in [0.1, 0.15) is 20.8 Å². The maximum absolute atomic E-state index is 11.5. The van der Waals surface area contributed by atoms with E-state index < -0.39 is 0 Å². The van der Waals surface area contributed by atoms with Crippen molar-refractivity contribution in [3.8, 4) is 0 Å². The number of nitrogens with two attached hydrogens (primary N) is 1. The first-order valence-corrected chi connectivity index (χ1v) is 5.21. The maximum atomic E-state index is 11.5. The van der Waals surface area contributed by atoms with Crippen LogP contribution in [-0.2, 0) is 9.53 Å². The Morgan fingerprint density at radius 2 is 2.14 bits per heavy atom. The molecule has 0 fully saturated rings. The first-order chi connectivity index (χ1) is 6.65. The van der Waals surface area contributed by atoms with Gasteiger partial charge in [0.25, 0.3) is 0 Å². The van der Waals surface area contributed by atoms with Crippen molar-refractivity contribution in [2.24, 2.45) is 11.7 Å². The molecule has 0 spiro atoms. The van der Waals surface area contributed by atoms with Gasteiger partial charge < -0.3 is 15.4 Å². The second-order valence-corrected chi connectivity index (χ2v) is 3.41. The van der Waals surface area contributed by atoms with E-state index in [0.29, 0.717) is 19.1 Å². The summed E-state index contributed by atoms with van der Waals surface area (Å²) in [6.07, 6.45) is 0. The van der Waals surface area contributed by atoms with Gasteiger partial charge >= 0.3 is 0 Å². The third-order valence-electron chi connectivity index (χ3n) is 2.10. The summed E-state index contributed by atoms with van der Waals surface area (Å²) in [7, 11) is 0. The van der Waals surface area contributed by atoms with Crippen LogP contribution in [0.15, 0.2) is 0 Å². The van der Waals surface area contributed by atoms with Gasteiger partial charge in [0.15, 0.2) is 0 Å². The zero-order valence-corrected chi connectivity index (χ0v) is 9.45. The number of nitrogens with zero attached hydrogens (tertiary/aromatic N) is 1. The van der Waals surface area contributed by atoms with Gasteiger partial charge in [-0.1, -0.05) is 6.92 Å². The van der Waals surface area contributed by atoms with Gasteiger partial charge in [-0.25, -0.2) is 0 Å². The molecular formula is C10H22N2O2.